The van der Waals surface area contributed by atoms with E-state index in [1.54, 1.807) is 24.8 Å². The van der Waals surface area contributed by atoms with Crippen LogP contribution in [0, 0.1) is 0 Å². The number of hydrogen-bond acceptors (Lipinski definition) is 6. The molecular formula is C20H22N4O5. The molecule has 0 bridgehead atoms. The van der Waals surface area contributed by atoms with Gasteiger partial charge in [-0.3, -0.25) is 24.1 Å². The van der Waals surface area contributed by atoms with Gasteiger partial charge < -0.3 is 15.0 Å². The molecule has 3 heterocycles. The highest BCUT2D eigenvalue weighted by atomic mass is 16.5. The summed E-state index contributed by atoms with van der Waals surface area (Å²) >= 11 is 0. The first-order valence-electron chi connectivity index (χ1n) is 9.53. The Kier molecular flexibility index (Phi) is 4.70. The van der Waals surface area contributed by atoms with E-state index in [-0.39, 0.29) is 19.0 Å². The van der Waals surface area contributed by atoms with Crippen LogP contribution in [0.2, 0.25) is 0 Å². The van der Waals surface area contributed by atoms with Crippen LogP contribution >= 0.6 is 0 Å². The number of β-lactam (4-membered cyclic amide) rings is 1. The zero-order valence-electron chi connectivity index (χ0n) is 16.3. The van der Waals surface area contributed by atoms with Crippen LogP contribution in [0.15, 0.2) is 29.3 Å². The molecule has 0 aromatic heterocycles. The van der Waals surface area contributed by atoms with Crippen molar-refractivity contribution in [2.24, 2.45) is 4.99 Å². The fourth-order valence-electron chi connectivity index (χ4n) is 3.69. The molecule has 1 atom stereocenters. The molecule has 0 radical (unpaired) electrons. The van der Waals surface area contributed by atoms with Crippen molar-refractivity contribution in [1.29, 1.82) is 0 Å². The average Bonchev–Trinajstić information content (AvgIpc) is 2.68. The third kappa shape index (κ3) is 3.31. The van der Waals surface area contributed by atoms with Gasteiger partial charge in [0.2, 0.25) is 5.91 Å². The first-order chi connectivity index (χ1) is 13.8. The Morgan fingerprint density at radius 1 is 1.21 bits per heavy atom. The zero-order valence-corrected chi connectivity index (χ0v) is 16.3. The van der Waals surface area contributed by atoms with Crippen LogP contribution in [0.1, 0.15) is 25.8 Å². The predicted octanol–water partition coefficient (Wildman–Crippen LogP) is 0.0267. The number of carbonyl (C=O) groups excluding carboxylic acids is 4. The summed E-state index contributed by atoms with van der Waals surface area (Å²) in [6, 6.07) is 5.81. The lowest BCUT2D eigenvalue weighted by atomic mass is 9.99. The van der Waals surface area contributed by atoms with Crippen molar-refractivity contribution in [2.75, 3.05) is 24.6 Å². The standard InChI is InChI=1S/C20H22N4O5/c1-20(2)19-22-15(16(26)18(28)24(19)9-10-29-20)17(27)21-11-12-5-3-4-6-13(12)23-8-7-14(23)25/h3-6,15H,7-11H2,1-2H3,(H,21,27). The second-order valence-corrected chi connectivity index (χ2v) is 7.68. The number of ether oxygens (including phenoxy) is 1. The van der Waals surface area contributed by atoms with Gasteiger partial charge in [-0.1, -0.05) is 18.2 Å². The van der Waals surface area contributed by atoms with Crippen molar-refractivity contribution < 1.29 is 23.9 Å². The van der Waals surface area contributed by atoms with Gasteiger partial charge in [0.25, 0.3) is 17.6 Å². The Labute approximate surface area is 167 Å². The van der Waals surface area contributed by atoms with Crippen LogP contribution in [0.3, 0.4) is 0 Å². The van der Waals surface area contributed by atoms with Crippen LogP contribution < -0.4 is 10.2 Å². The van der Waals surface area contributed by atoms with Crippen LogP contribution in [0.4, 0.5) is 5.69 Å². The van der Waals surface area contributed by atoms with Gasteiger partial charge in [-0.2, -0.15) is 0 Å². The van der Waals surface area contributed by atoms with Crippen molar-refractivity contribution in [3.8, 4) is 0 Å². The fraction of sp³-hybridized carbons (Fsp3) is 0.450. The van der Waals surface area contributed by atoms with Crippen LogP contribution in [0.25, 0.3) is 0 Å². The molecule has 9 heteroatoms. The summed E-state index contributed by atoms with van der Waals surface area (Å²) in [5.74, 6) is -1.92. The Morgan fingerprint density at radius 3 is 2.66 bits per heavy atom. The maximum Gasteiger partial charge on any atom is 0.298 e. The summed E-state index contributed by atoms with van der Waals surface area (Å²) < 4.78 is 5.64. The number of anilines is 1. The molecule has 1 aromatic rings. The zero-order chi connectivity index (χ0) is 20.8. The van der Waals surface area contributed by atoms with E-state index >= 15 is 0 Å². The number of aliphatic imine (C=N–C) groups is 1. The van der Waals surface area contributed by atoms with E-state index in [4.69, 9.17) is 4.74 Å². The number of fused-ring (bicyclic) bond motifs is 1. The molecule has 3 aliphatic heterocycles. The first-order valence-corrected chi connectivity index (χ1v) is 9.53. The molecule has 1 unspecified atom stereocenters. The highest BCUT2D eigenvalue weighted by molar-refractivity contribution is 6.46. The topological polar surface area (TPSA) is 108 Å². The Balaban J connectivity index is 1.53. The molecular weight excluding hydrogens is 376 g/mol. The third-order valence-electron chi connectivity index (χ3n) is 5.36. The average molecular weight is 398 g/mol. The van der Waals surface area contributed by atoms with Crippen LogP contribution in [-0.4, -0.2) is 65.6 Å². The molecule has 1 aromatic carbocycles. The van der Waals surface area contributed by atoms with Gasteiger partial charge in [0, 0.05) is 25.2 Å². The van der Waals surface area contributed by atoms with Crippen molar-refractivity contribution >= 4 is 35.0 Å². The number of nitrogens with zero attached hydrogens (tertiary/aromatic N) is 3. The summed E-state index contributed by atoms with van der Waals surface area (Å²) in [7, 11) is 0. The molecule has 2 fully saturated rings. The first kappa shape index (κ1) is 19.3. The lowest BCUT2D eigenvalue weighted by Crippen LogP contribution is -2.62. The molecule has 0 spiro atoms. The van der Waals surface area contributed by atoms with E-state index in [1.165, 1.54) is 4.90 Å². The molecule has 1 N–H and O–H groups in total. The van der Waals surface area contributed by atoms with Crippen molar-refractivity contribution in [1.82, 2.24) is 10.2 Å². The van der Waals surface area contributed by atoms with E-state index in [0.717, 1.165) is 11.3 Å². The predicted molar refractivity (Wildman–Crippen MR) is 103 cm³/mol. The van der Waals surface area contributed by atoms with Gasteiger partial charge in [0.1, 0.15) is 11.4 Å². The molecule has 2 saturated heterocycles. The summed E-state index contributed by atoms with van der Waals surface area (Å²) in [6.07, 6.45) is 0.505. The number of benzene rings is 1. The summed E-state index contributed by atoms with van der Waals surface area (Å²) in [5, 5.41) is 2.68. The molecule has 9 nitrogen and oxygen atoms in total. The molecule has 152 valence electrons. The van der Waals surface area contributed by atoms with Gasteiger partial charge in [-0.15, -0.1) is 0 Å². The van der Waals surface area contributed by atoms with E-state index in [1.807, 2.05) is 18.2 Å². The molecule has 3 aliphatic rings. The van der Waals surface area contributed by atoms with Gasteiger partial charge >= 0.3 is 0 Å². The number of amidine groups is 1. The second-order valence-electron chi connectivity index (χ2n) is 7.68. The third-order valence-corrected chi connectivity index (χ3v) is 5.36. The fourth-order valence-corrected chi connectivity index (χ4v) is 3.69. The van der Waals surface area contributed by atoms with Crippen molar-refractivity contribution in [3.63, 3.8) is 0 Å². The molecule has 29 heavy (non-hydrogen) atoms. The summed E-state index contributed by atoms with van der Waals surface area (Å²) in [5.41, 5.74) is 0.617. The number of para-hydroxylation sites is 1. The quantitative estimate of drug-likeness (QED) is 0.437. The number of morpholine rings is 1. The minimum Gasteiger partial charge on any atom is -0.366 e. The number of hydrogen-bond donors (Lipinski definition) is 1. The maximum atomic E-state index is 12.7. The monoisotopic (exact) mass is 398 g/mol. The van der Waals surface area contributed by atoms with E-state index < -0.39 is 29.2 Å². The van der Waals surface area contributed by atoms with Gasteiger partial charge in [-0.05, 0) is 25.5 Å². The maximum absolute atomic E-state index is 12.7. The molecule has 4 rings (SSSR count). The second kappa shape index (κ2) is 7.07. The minimum atomic E-state index is -1.44. The number of amides is 3. The van der Waals surface area contributed by atoms with Crippen LogP contribution in [-0.2, 0) is 30.5 Å². The van der Waals surface area contributed by atoms with E-state index in [0.29, 0.717) is 25.4 Å². The number of nitrogens with one attached hydrogen (secondary N) is 1. The van der Waals surface area contributed by atoms with Crippen molar-refractivity contribution in [2.45, 2.75) is 38.5 Å². The summed E-state index contributed by atoms with van der Waals surface area (Å²) in [6.45, 7) is 4.78. The van der Waals surface area contributed by atoms with Gasteiger partial charge in [0.05, 0.1) is 13.2 Å². The highest BCUT2D eigenvalue weighted by Crippen LogP contribution is 2.27. The lowest BCUT2D eigenvalue weighted by Gasteiger charge is -2.41. The Hall–Kier alpha value is -3.07. The van der Waals surface area contributed by atoms with Crippen LogP contribution in [0.5, 0.6) is 0 Å². The Morgan fingerprint density at radius 2 is 1.97 bits per heavy atom. The largest absolute Gasteiger partial charge is 0.366 e. The number of rotatable bonds is 4. The normalized spacial score (nSPS) is 23.3. The highest BCUT2D eigenvalue weighted by Gasteiger charge is 2.47. The SMILES string of the molecule is CC1(C)OCCN2C(=O)C(=O)C(C(=O)NCc3ccccc3N3CCC3=O)N=C21. The van der Waals surface area contributed by atoms with Crippen molar-refractivity contribution in [3.05, 3.63) is 29.8 Å². The van der Waals surface area contributed by atoms with Gasteiger partial charge in [-0.25, -0.2) is 4.99 Å². The van der Waals surface area contributed by atoms with E-state index in [2.05, 4.69) is 10.3 Å². The molecule has 0 aliphatic carbocycles. The Bertz CT molecular complexity index is 939. The number of carbonyl (C=O) groups is 4. The number of Topliss-reactive ketones (excluding diaryl/α,β-unsaturated/α-hetero) is 1. The molecule has 3 amide bonds. The minimum absolute atomic E-state index is 0.0304. The molecule has 0 saturated carbocycles. The summed E-state index contributed by atoms with van der Waals surface area (Å²) in [4.78, 5) is 56.6. The lowest BCUT2D eigenvalue weighted by molar-refractivity contribution is -0.148. The number of ketones is 1. The van der Waals surface area contributed by atoms with E-state index in [9.17, 15) is 19.2 Å². The van der Waals surface area contributed by atoms with Gasteiger partial charge in [0.15, 0.2) is 6.04 Å². The smallest absolute Gasteiger partial charge is 0.298 e.